The van der Waals surface area contributed by atoms with Crippen LogP contribution in [0.3, 0.4) is 0 Å². The topological polar surface area (TPSA) is 60.8 Å². The number of β-amino-alcohol motifs (C(OH)–C–C–N with tert-alkyl or cyclic N) is 1. The van der Waals surface area contributed by atoms with Crippen LogP contribution in [0, 0.1) is 0 Å². The zero-order valence-electron chi connectivity index (χ0n) is 8.19. The van der Waals surface area contributed by atoms with Crippen LogP contribution < -0.4 is 0 Å². The molecule has 0 aromatic heterocycles. The largest absolute Gasteiger partial charge is 0.481 e. The van der Waals surface area contributed by atoms with E-state index in [1.807, 2.05) is 11.8 Å². The predicted molar refractivity (Wildman–Crippen MR) is 56.6 cm³/mol. The molecule has 1 fully saturated rings. The van der Waals surface area contributed by atoms with Crippen molar-refractivity contribution in [2.24, 2.45) is 0 Å². The summed E-state index contributed by atoms with van der Waals surface area (Å²) in [5, 5.41) is 17.9. The van der Waals surface area contributed by atoms with Crippen molar-refractivity contribution in [1.29, 1.82) is 0 Å². The van der Waals surface area contributed by atoms with E-state index in [2.05, 4.69) is 4.90 Å². The van der Waals surface area contributed by atoms with Crippen LogP contribution in [-0.2, 0) is 4.79 Å². The van der Waals surface area contributed by atoms with Gasteiger partial charge in [-0.1, -0.05) is 0 Å². The van der Waals surface area contributed by atoms with Crippen LogP contribution in [0.15, 0.2) is 0 Å². The van der Waals surface area contributed by atoms with Gasteiger partial charge in [-0.15, -0.1) is 0 Å². The molecule has 0 bridgehead atoms. The van der Waals surface area contributed by atoms with E-state index < -0.39 is 12.1 Å². The van der Waals surface area contributed by atoms with Crippen LogP contribution in [0.2, 0.25) is 0 Å². The van der Waals surface area contributed by atoms with E-state index in [0.29, 0.717) is 6.54 Å². The molecular formula is C9H17NO3S. The summed E-state index contributed by atoms with van der Waals surface area (Å²) in [5.41, 5.74) is 0. The van der Waals surface area contributed by atoms with Gasteiger partial charge in [-0.3, -0.25) is 9.69 Å². The molecule has 1 aliphatic heterocycles. The van der Waals surface area contributed by atoms with Gasteiger partial charge in [0.2, 0.25) is 0 Å². The second-order valence-electron chi connectivity index (χ2n) is 3.52. The van der Waals surface area contributed by atoms with Crippen molar-refractivity contribution in [2.75, 3.05) is 31.1 Å². The maximum Gasteiger partial charge on any atom is 0.306 e. The molecule has 1 rings (SSSR count). The van der Waals surface area contributed by atoms with Crippen LogP contribution in [0.1, 0.15) is 12.8 Å². The van der Waals surface area contributed by atoms with E-state index in [9.17, 15) is 9.90 Å². The third-order valence-electron chi connectivity index (χ3n) is 2.19. The molecule has 0 aliphatic carbocycles. The lowest BCUT2D eigenvalue weighted by atomic mass is 10.2. The van der Waals surface area contributed by atoms with E-state index in [1.54, 1.807) is 0 Å². The third-order valence-corrected chi connectivity index (χ3v) is 3.24. The van der Waals surface area contributed by atoms with Gasteiger partial charge in [0, 0.05) is 18.8 Å². The Morgan fingerprint density at radius 3 is 2.93 bits per heavy atom. The van der Waals surface area contributed by atoms with Crippen LogP contribution >= 0.6 is 11.8 Å². The number of carboxylic acid groups (broad SMARTS) is 1. The van der Waals surface area contributed by atoms with Gasteiger partial charge < -0.3 is 10.2 Å². The summed E-state index contributed by atoms with van der Waals surface area (Å²) in [7, 11) is 0. The minimum absolute atomic E-state index is 0.149. The van der Waals surface area contributed by atoms with Crippen molar-refractivity contribution >= 4 is 17.7 Å². The van der Waals surface area contributed by atoms with Crippen LogP contribution in [0.4, 0.5) is 0 Å². The lowest BCUT2D eigenvalue weighted by Gasteiger charge is -2.21. The quantitative estimate of drug-likeness (QED) is 0.710. The average Bonchev–Trinajstić information content (AvgIpc) is 2.31. The molecule has 1 saturated heterocycles. The highest BCUT2D eigenvalue weighted by Crippen LogP contribution is 2.10. The molecular weight excluding hydrogens is 202 g/mol. The van der Waals surface area contributed by atoms with Gasteiger partial charge in [0.05, 0.1) is 12.5 Å². The second kappa shape index (κ2) is 6.27. The smallest absolute Gasteiger partial charge is 0.306 e. The second-order valence-corrected chi connectivity index (χ2v) is 4.74. The highest BCUT2D eigenvalue weighted by atomic mass is 32.2. The first-order chi connectivity index (χ1) is 6.68. The summed E-state index contributed by atoms with van der Waals surface area (Å²) in [6, 6.07) is 0. The first-order valence-electron chi connectivity index (χ1n) is 4.88. The number of nitrogens with zero attached hydrogens (tertiary/aromatic N) is 1. The van der Waals surface area contributed by atoms with E-state index in [1.165, 1.54) is 5.75 Å². The fourth-order valence-electron chi connectivity index (χ4n) is 1.54. The molecule has 0 aromatic carbocycles. The molecule has 0 spiro atoms. The average molecular weight is 219 g/mol. The van der Waals surface area contributed by atoms with Gasteiger partial charge in [-0.25, -0.2) is 0 Å². The molecule has 2 N–H and O–H groups in total. The van der Waals surface area contributed by atoms with Crippen molar-refractivity contribution < 1.29 is 15.0 Å². The Morgan fingerprint density at radius 2 is 2.21 bits per heavy atom. The van der Waals surface area contributed by atoms with Gasteiger partial charge in [-0.2, -0.15) is 11.8 Å². The van der Waals surface area contributed by atoms with Crippen molar-refractivity contribution in [3.05, 3.63) is 0 Å². The highest BCUT2D eigenvalue weighted by Gasteiger charge is 2.15. The maximum atomic E-state index is 10.3. The summed E-state index contributed by atoms with van der Waals surface area (Å²) >= 11 is 1.92. The molecule has 1 atom stereocenters. The summed E-state index contributed by atoms with van der Waals surface area (Å²) in [6.45, 7) is 2.43. The Hall–Kier alpha value is -0.260. The molecule has 0 aromatic rings. The van der Waals surface area contributed by atoms with Crippen molar-refractivity contribution in [3.8, 4) is 0 Å². The van der Waals surface area contributed by atoms with Crippen molar-refractivity contribution in [2.45, 2.75) is 18.9 Å². The fourth-order valence-corrected chi connectivity index (χ4v) is 2.47. The predicted octanol–water partition coefficient (Wildman–Crippen LogP) is 0.261. The number of hydrogen-bond donors (Lipinski definition) is 2. The minimum Gasteiger partial charge on any atom is -0.481 e. The van der Waals surface area contributed by atoms with Crippen molar-refractivity contribution in [3.63, 3.8) is 0 Å². The number of thioether (sulfide) groups is 1. The molecule has 1 heterocycles. The van der Waals surface area contributed by atoms with Gasteiger partial charge in [0.25, 0.3) is 0 Å². The Bertz CT molecular complexity index is 181. The molecule has 0 saturated carbocycles. The van der Waals surface area contributed by atoms with Crippen molar-refractivity contribution in [1.82, 2.24) is 4.90 Å². The van der Waals surface area contributed by atoms with Crippen LogP contribution in [-0.4, -0.2) is 58.3 Å². The minimum atomic E-state index is -0.929. The zero-order chi connectivity index (χ0) is 10.4. The van der Waals surface area contributed by atoms with Gasteiger partial charge >= 0.3 is 5.97 Å². The lowest BCUT2D eigenvalue weighted by Crippen LogP contribution is -2.35. The normalized spacial score (nSPS) is 21.5. The first-order valence-corrected chi connectivity index (χ1v) is 6.04. The van der Waals surface area contributed by atoms with Crippen LogP contribution in [0.5, 0.6) is 0 Å². The van der Waals surface area contributed by atoms with E-state index in [4.69, 9.17) is 5.11 Å². The molecule has 14 heavy (non-hydrogen) atoms. The number of aliphatic hydroxyl groups is 1. The van der Waals surface area contributed by atoms with E-state index in [-0.39, 0.29) is 6.42 Å². The van der Waals surface area contributed by atoms with Gasteiger partial charge in [0.15, 0.2) is 0 Å². The zero-order valence-corrected chi connectivity index (χ0v) is 9.00. The van der Waals surface area contributed by atoms with Crippen LogP contribution in [0.25, 0.3) is 0 Å². The molecule has 82 valence electrons. The molecule has 1 unspecified atom stereocenters. The Balaban J connectivity index is 2.23. The number of carbonyl (C=O) groups is 1. The molecule has 0 amide bonds. The summed E-state index contributed by atoms with van der Waals surface area (Å²) in [4.78, 5) is 12.5. The molecule has 5 heteroatoms. The summed E-state index contributed by atoms with van der Waals surface area (Å²) < 4.78 is 0. The first kappa shape index (κ1) is 11.8. The monoisotopic (exact) mass is 219 g/mol. The number of aliphatic hydroxyl groups excluding tert-OH is 1. The Kier molecular flexibility index (Phi) is 5.29. The number of hydrogen-bond acceptors (Lipinski definition) is 4. The SMILES string of the molecule is O=C(O)CC(O)CN1CCCSCC1. The van der Waals surface area contributed by atoms with Gasteiger partial charge in [0.1, 0.15) is 0 Å². The number of rotatable bonds is 4. The standard InChI is InChI=1S/C9H17NO3S/c11-8(6-9(12)13)7-10-2-1-4-14-5-3-10/h8,11H,1-7H2,(H,12,13). The maximum absolute atomic E-state index is 10.3. The molecule has 1 aliphatic rings. The van der Waals surface area contributed by atoms with E-state index in [0.717, 1.165) is 25.3 Å². The molecule has 4 nitrogen and oxygen atoms in total. The van der Waals surface area contributed by atoms with E-state index >= 15 is 0 Å². The number of carboxylic acids is 1. The summed E-state index contributed by atoms with van der Waals surface area (Å²) in [6.07, 6.45) is 0.254. The fraction of sp³-hybridized carbons (Fsp3) is 0.889. The number of aliphatic carboxylic acids is 1. The highest BCUT2D eigenvalue weighted by molar-refractivity contribution is 7.99. The Morgan fingerprint density at radius 1 is 1.43 bits per heavy atom. The third kappa shape index (κ3) is 4.83. The van der Waals surface area contributed by atoms with Gasteiger partial charge in [-0.05, 0) is 18.7 Å². The Labute approximate surface area is 88.3 Å². The molecule has 0 radical (unpaired) electrons. The summed E-state index contributed by atoms with van der Waals surface area (Å²) in [5.74, 6) is 1.33. The lowest BCUT2D eigenvalue weighted by molar-refractivity contribution is -0.139.